The molecule has 0 unspecified atom stereocenters. The normalized spacial score (nSPS) is 10.7. The Morgan fingerprint density at radius 2 is 2.00 bits per heavy atom. The van der Waals surface area contributed by atoms with Gasteiger partial charge in [0.05, 0.1) is 15.6 Å². The zero-order valence-corrected chi connectivity index (χ0v) is 10.3. The van der Waals surface area contributed by atoms with Crippen LogP contribution in [0.1, 0.15) is 10.7 Å². The lowest BCUT2D eigenvalue weighted by Gasteiger charge is -1.87. The minimum Gasteiger partial charge on any atom is -0.246 e. The molecule has 2 aromatic heterocycles. The van der Waals surface area contributed by atoms with Crippen molar-refractivity contribution in [2.45, 2.75) is 13.8 Å². The Hall–Kier alpha value is -0.330. The van der Waals surface area contributed by atoms with Crippen LogP contribution in [-0.2, 0) is 0 Å². The van der Waals surface area contributed by atoms with Gasteiger partial charge in [0.2, 0.25) is 4.73 Å². The van der Waals surface area contributed by atoms with E-state index < -0.39 is 0 Å². The van der Waals surface area contributed by atoms with Crippen LogP contribution in [0, 0.1) is 13.8 Å². The molecule has 0 saturated heterocycles. The molecule has 3 nitrogen and oxygen atoms in total. The highest BCUT2D eigenvalue weighted by Crippen LogP contribution is 2.31. The molecule has 0 aliphatic carbocycles. The maximum absolute atomic E-state index is 4.34. The first kappa shape index (κ1) is 9.23. The molecule has 2 rings (SSSR count). The molecule has 0 aliphatic rings. The Kier molecular flexibility index (Phi) is 2.44. The molecule has 0 aliphatic heterocycles. The summed E-state index contributed by atoms with van der Waals surface area (Å²) in [6.45, 7) is 3.99. The molecule has 0 N–H and O–H groups in total. The van der Waals surface area contributed by atoms with Crippen molar-refractivity contribution in [3.8, 4) is 9.88 Å². The van der Waals surface area contributed by atoms with E-state index in [0.29, 0.717) is 4.73 Å². The molecular weight excluding hydrogens is 270 g/mol. The monoisotopic (exact) mass is 275 g/mol. The molecule has 0 aromatic carbocycles. The Morgan fingerprint density at radius 1 is 1.23 bits per heavy atom. The highest BCUT2D eigenvalue weighted by atomic mass is 79.9. The second-order valence-corrected chi connectivity index (χ2v) is 5.18. The van der Waals surface area contributed by atoms with Crippen molar-refractivity contribution in [2.75, 3.05) is 0 Å². The van der Waals surface area contributed by atoms with Gasteiger partial charge >= 0.3 is 0 Å². The number of aryl methyl sites for hydroxylation is 2. The quantitative estimate of drug-likeness (QED) is 0.803. The molecular formula is C7H6BrN3S2. The fourth-order valence-corrected chi connectivity index (χ4v) is 3.14. The molecule has 6 heteroatoms. The molecule has 0 bridgehead atoms. The number of thiazole rings is 1. The summed E-state index contributed by atoms with van der Waals surface area (Å²) in [7, 11) is 0. The van der Waals surface area contributed by atoms with E-state index in [2.05, 4.69) is 30.3 Å². The van der Waals surface area contributed by atoms with Gasteiger partial charge < -0.3 is 0 Å². The van der Waals surface area contributed by atoms with Crippen LogP contribution in [0.25, 0.3) is 9.88 Å². The number of hydrogen-bond donors (Lipinski definition) is 0. The van der Waals surface area contributed by atoms with Gasteiger partial charge in [-0.15, -0.1) is 11.3 Å². The molecule has 0 amide bonds. The van der Waals surface area contributed by atoms with Crippen molar-refractivity contribution in [3.05, 3.63) is 15.4 Å². The summed E-state index contributed by atoms with van der Waals surface area (Å²) in [5.41, 5.74) is 1.03. The first-order valence-corrected chi connectivity index (χ1v) is 5.98. The molecule has 2 aromatic rings. The summed E-state index contributed by atoms with van der Waals surface area (Å²) >= 11 is 6.28. The van der Waals surface area contributed by atoms with Crippen molar-refractivity contribution in [1.29, 1.82) is 0 Å². The fraction of sp³-hybridized carbons (Fsp3) is 0.286. The average Bonchev–Trinajstić information content (AvgIpc) is 2.58. The van der Waals surface area contributed by atoms with Crippen LogP contribution in [0.4, 0.5) is 0 Å². The van der Waals surface area contributed by atoms with E-state index in [1.54, 1.807) is 11.3 Å². The third-order valence-corrected chi connectivity index (χ3v) is 4.03. The van der Waals surface area contributed by atoms with Crippen LogP contribution in [-0.4, -0.2) is 14.3 Å². The van der Waals surface area contributed by atoms with E-state index in [1.807, 2.05) is 13.8 Å². The second-order valence-electron chi connectivity index (χ2n) is 2.52. The van der Waals surface area contributed by atoms with Gasteiger partial charge in [0.15, 0.2) is 5.01 Å². The van der Waals surface area contributed by atoms with Gasteiger partial charge in [0.1, 0.15) is 0 Å². The number of aromatic nitrogens is 3. The van der Waals surface area contributed by atoms with Crippen molar-refractivity contribution in [2.24, 2.45) is 0 Å². The molecule has 0 saturated carbocycles. The average molecular weight is 276 g/mol. The SMILES string of the molecule is Cc1nc(C)c(-c2nc(Br)ns2)s1. The summed E-state index contributed by atoms with van der Waals surface area (Å²) in [5.74, 6) is 0. The Bertz CT molecular complexity index is 435. The standard InChI is InChI=1S/C7H6BrN3S2/c1-3-5(12-4(2)9-3)6-10-7(8)11-13-6/h1-2H3. The summed E-state index contributed by atoms with van der Waals surface area (Å²) in [6, 6.07) is 0. The molecule has 0 atom stereocenters. The van der Waals surface area contributed by atoms with Crippen molar-refractivity contribution >= 4 is 38.8 Å². The minimum atomic E-state index is 0.651. The van der Waals surface area contributed by atoms with Gasteiger partial charge in [-0.2, -0.15) is 4.37 Å². The zero-order chi connectivity index (χ0) is 9.42. The van der Waals surface area contributed by atoms with Gasteiger partial charge in [-0.1, -0.05) is 0 Å². The fourth-order valence-electron chi connectivity index (χ4n) is 1.03. The van der Waals surface area contributed by atoms with Crippen LogP contribution in [0.5, 0.6) is 0 Å². The number of hydrogen-bond acceptors (Lipinski definition) is 5. The summed E-state index contributed by atoms with van der Waals surface area (Å²) < 4.78 is 4.72. The highest BCUT2D eigenvalue weighted by Gasteiger charge is 2.11. The summed E-state index contributed by atoms with van der Waals surface area (Å²) in [5, 5.41) is 2.01. The van der Waals surface area contributed by atoms with Crippen LogP contribution in [0.2, 0.25) is 0 Å². The van der Waals surface area contributed by atoms with Gasteiger partial charge in [-0.25, -0.2) is 9.97 Å². The lowest BCUT2D eigenvalue weighted by molar-refractivity contribution is 1.19. The van der Waals surface area contributed by atoms with E-state index in [1.165, 1.54) is 11.5 Å². The number of halogens is 1. The Morgan fingerprint density at radius 3 is 2.46 bits per heavy atom. The first-order chi connectivity index (χ1) is 6.16. The molecule has 0 fully saturated rings. The predicted octanol–water partition coefficient (Wildman–Crippen LogP) is 3.04. The number of rotatable bonds is 1. The Labute approximate surface area is 92.2 Å². The maximum Gasteiger partial charge on any atom is 0.209 e. The maximum atomic E-state index is 4.34. The van der Waals surface area contributed by atoms with E-state index in [0.717, 1.165) is 20.6 Å². The van der Waals surface area contributed by atoms with E-state index in [4.69, 9.17) is 0 Å². The lowest BCUT2D eigenvalue weighted by Crippen LogP contribution is -1.75. The summed E-state index contributed by atoms with van der Waals surface area (Å²) in [6.07, 6.45) is 0. The third-order valence-electron chi connectivity index (χ3n) is 1.50. The number of nitrogens with zero attached hydrogens (tertiary/aromatic N) is 3. The van der Waals surface area contributed by atoms with Crippen LogP contribution in [0.3, 0.4) is 0 Å². The molecule has 2 heterocycles. The highest BCUT2D eigenvalue weighted by molar-refractivity contribution is 9.10. The largest absolute Gasteiger partial charge is 0.246 e. The minimum absolute atomic E-state index is 0.651. The first-order valence-electron chi connectivity index (χ1n) is 3.60. The predicted molar refractivity (Wildman–Crippen MR) is 58.2 cm³/mol. The van der Waals surface area contributed by atoms with Crippen LogP contribution in [0.15, 0.2) is 4.73 Å². The molecule has 68 valence electrons. The van der Waals surface area contributed by atoms with Gasteiger partial charge in [0, 0.05) is 0 Å². The van der Waals surface area contributed by atoms with Crippen LogP contribution >= 0.6 is 38.8 Å². The summed E-state index contributed by atoms with van der Waals surface area (Å²) in [4.78, 5) is 9.71. The third kappa shape index (κ3) is 1.79. The van der Waals surface area contributed by atoms with E-state index >= 15 is 0 Å². The van der Waals surface area contributed by atoms with Crippen molar-refractivity contribution < 1.29 is 0 Å². The lowest BCUT2D eigenvalue weighted by atomic mass is 10.4. The topological polar surface area (TPSA) is 38.7 Å². The zero-order valence-electron chi connectivity index (χ0n) is 7.04. The second kappa shape index (κ2) is 3.43. The molecule has 0 radical (unpaired) electrons. The smallest absolute Gasteiger partial charge is 0.209 e. The van der Waals surface area contributed by atoms with Gasteiger partial charge in [0.25, 0.3) is 0 Å². The van der Waals surface area contributed by atoms with Crippen molar-refractivity contribution in [1.82, 2.24) is 14.3 Å². The molecule has 13 heavy (non-hydrogen) atoms. The van der Waals surface area contributed by atoms with E-state index in [9.17, 15) is 0 Å². The van der Waals surface area contributed by atoms with Gasteiger partial charge in [-0.3, -0.25) is 0 Å². The molecule has 0 spiro atoms. The van der Waals surface area contributed by atoms with E-state index in [-0.39, 0.29) is 0 Å². The Balaban J connectivity index is 2.51. The van der Waals surface area contributed by atoms with Crippen LogP contribution < -0.4 is 0 Å². The van der Waals surface area contributed by atoms with Crippen molar-refractivity contribution in [3.63, 3.8) is 0 Å². The van der Waals surface area contributed by atoms with Gasteiger partial charge in [-0.05, 0) is 41.3 Å².